The quantitative estimate of drug-likeness (QED) is 0.602. The Balaban J connectivity index is 2.23. The van der Waals surface area contributed by atoms with Crippen molar-refractivity contribution in [3.05, 3.63) is 57.4 Å². The average Bonchev–Trinajstić information content (AvgIpc) is 2.63. The molecule has 88 valence electrons. The highest BCUT2D eigenvalue weighted by molar-refractivity contribution is 5.41. The number of nitrogens with zero attached hydrogens (tertiary/aromatic N) is 3. The van der Waals surface area contributed by atoms with E-state index in [-0.39, 0.29) is 10.6 Å². The molecule has 0 saturated carbocycles. The predicted molar refractivity (Wildman–Crippen MR) is 63.9 cm³/mol. The molecule has 1 aromatic heterocycles. The second-order valence-corrected chi connectivity index (χ2v) is 4.03. The highest BCUT2D eigenvalue weighted by Gasteiger charge is 2.10. The maximum atomic E-state index is 10.7. The average molecular weight is 231 g/mol. The minimum atomic E-state index is -0.364. The van der Waals surface area contributed by atoms with Crippen LogP contribution in [0.5, 0.6) is 0 Å². The first-order valence-corrected chi connectivity index (χ1v) is 5.30. The van der Waals surface area contributed by atoms with Crippen molar-refractivity contribution < 1.29 is 4.92 Å². The van der Waals surface area contributed by atoms with E-state index in [0.717, 1.165) is 11.3 Å². The van der Waals surface area contributed by atoms with E-state index in [0.29, 0.717) is 12.1 Å². The first kappa shape index (κ1) is 11.3. The van der Waals surface area contributed by atoms with Crippen LogP contribution in [0.4, 0.5) is 5.69 Å². The molecule has 17 heavy (non-hydrogen) atoms. The molecule has 2 rings (SSSR count). The van der Waals surface area contributed by atoms with E-state index >= 15 is 0 Å². The Morgan fingerprint density at radius 3 is 2.65 bits per heavy atom. The van der Waals surface area contributed by atoms with Crippen molar-refractivity contribution in [1.82, 2.24) is 9.78 Å². The predicted octanol–water partition coefficient (Wildman–Crippen LogP) is 2.46. The van der Waals surface area contributed by atoms with Crippen LogP contribution in [-0.4, -0.2) is 14.7 Å². The standard InChI is InChI=1S/C12H13N3O2/c1-9-7-11(3-4-12(9)15(16)17)8-14-6-5-10(2)13-14/h3-7H,8H2,1-2H3. The van der Waals surface area contributed by atoms with E-state index in [9.17, 15) is 10.1 Å². The summed E-state index contributed by atoms with van der Waals surface area (Å²) in [7, 11) is 0. The molecule has 0 fully saturated rings. The third-order valence-electron chi connectivity index (χ3n) is 2.58. The van der Waals surface area contributed by atoms with Gasteiger partial charge in [-0.3, -0.25) is 14.8 Å². The van der Waals surface area contributed by atoms with Gasteiger partial charge in [-0.2, -0.15) is 5.10 Å². The van der Waals surface area contributed by atoms with Gasteiger partial charge < -0.3 is 0 Å². The molecular formula is C12H13N3O2. The largest absolute Gasteiger partial charge is 0.272 e. The van der Waals surface area contributed by atoms with Gasteiger partial charge in [0.2, 0.25) is 0 Å². The van der Waals surface area contributed by atoms with Gasteiger partial charge in [0.1, 0.15) is 0 Å². The maximum absolute atomic E-state index is 10.7. The lowest BCUT2D eigenvalue weighted by atomic mass is 10.1. The van der Waals surface area contributed by atoms with E-state index < -0.39 is 0 Å². The highest BCUT2D eigenvalue weighted by Crippen LogP contribution is 2.19. The van der Waals surface area contributed by atoms with Crippen LogP contribution in [0.2, 0.25) is 0 Å². The lowest BCUT2D eigenvalue weighted by Gasteiger charge is -2.03. The molecule has 0 spiro atoms. The Morgan fingerprint density at radius 1 is 1.35 bits per heavy atom. The third-order valence-corrected chi connectivity index (χ3v) is 2.58. The first-order chi connectivity index (χ1) is 8.06. The van der Waals surface area contributed by atoms with Crippen LogP contribution < -0.4 is 0 Å². The number of nitro groups is 1. The van der Waals surface area contributed by atoms with Crippen LogP contribution in [0.3, 0.4) is 0 Å². The summed E-state index contributed by atoms with van der Waals surface area (Å²) in [4.78, 5) is 10.3. The molecule has 0 aliphatic heterocycles. The van der Waals surface area contributed by atoms with Gasteiger partial charge in [-0.05, 0) is 31.5 Å². The minimum absolute atomic E-state index is 0.158. The van der Waals surface area contributed by atoms with Gasteiger partial charge >= 0.3 is 0 Å². The van der Waals surface area contributed by atoms with Gasteiger partial charge in [-0.1, -0.05) is 6.07 Å². The number of aromatic nitrogens is 2. The van der Waals surface area contributed by atoms with Crippen molar-refractivity contribution in [3.63, 3.8) is 0 Å². The molecule has 0 aliphatic rings. The summed E-state index contributed by atoms with van der Waals surface area (Å²) in [5.41, 5.74) is 2.81. The molecule has 0 aliphatic carbocycles. The molecular weight excluding hydrogens is 218 g/mol. The Kier molecular flexibility index (Phi) is 2.91. The summed E-state index contributed by atoms with van der Waals surface area (Å²) in [6, 6.07) is 7.07. The SMILES string of the molecule is Cc1ccn(Cc2ccc([N+](=O)[O-])c(C)c2)n1. The van der Waals surface area contributed by atoms with Crippen LogP contribution in [0.15, 0.2) is 30.5 Å². The first-order valence-electron chi connectivity index (χ1n) is 5.30. The van der Waals surface area contributed by atoms with E-state index in [2.05, 4.69) is 5.10 Å². The molecule has 0 radical (unpaired) electrons. The fraction of sp³-hybridized carbons (Fsp3) is 0.250. The van der Waals surface area contributed by atoms with E-state index in [1.807, 2.05) is 29.9 Å². The summed E-state index contributed by atoms with van der Waals surface area (Å²) < 4.78 is 1.82. The summed E-state index contributed by atoms with van der Waals surface area (Å²) in [6.07, 6.45) is 1.89. The number of benzene rings is 1. The van der Waals surface area contributed by atoms with Crippen molar-refractivity contribution in [1.29, 1.82) is 0 Å². The molecule has 0 bridgehead atoms. The zero-order valence-electron chi connectivity index (χ0n) is 9.75. The topological polar surface area (TPSA) is 61.0 Å². The van der Waals surface area contributed by atoms with Gasteiger partial charge in [-0.25, -0.2) is 0 Å². The molecule has 0 atom stereocenters. The number of aryl methyl sites for hydroxylation is 2. The molecule has 0 N–H and O–H groups in total. The number of hydrogen-bond donors (Lipinski definition) is 0. The van der Waals surface area contributed by atoms with Crippen LogP contribution in [0.25, 0.3) is 0 Å². The molecule has 1 heterocycles. The summed E-state index contributed by atoms with van der Waals surface area (Å²) in [5, 5.41) is 15.0. The zero-order valence-corrected chi connectivity index (χ0v) is 9.75. The molecule has 2 aromatic rings. The van der Waals surface area contributed by atoms with E-state index in [1.165, 1.54) is 0 Å². The number of rotatable bonds is 3. The zero-order chi connectivity index (χ0) is 12.4. The van der Waals surface area contributed by atoms with Crippen molar-refractivity contribution in [2.45, 2.75) is 20.4 Å². The Bertz CT molecular complexity index is 561. The van der Waals surface area contributed by atoms with Crippen LogP contribution in [0.1, 0.15) is 16.8 Å². The van der Waals surface area contributed by atoms with Crippen molar-refractivity contribution in [2.75, 3.05) is 0 Å². The van der Waals surface area contributed by atoms with Gasteiger partial charge in [-0.15, -0.1) is 0 Å². The molecule has 0 saturated heterocycles. The van der Waals surface area contributed by atoms with Crippen LogP contribution >= 0.6 is 0 Å². The smallest absolute Gasteiger partial charge is 0.268 e. The van der Waals surface area contributed by atoms with Crippen LogP contribution in [-0.2, 0) is 6.54 Å². The van der Waals surface area contributed by atoms with E-state index in [4.69, 9.17) is 0 Å². The number of nitro benzene ring substituents is 1. The van der Waals surface area contributed by atoms with E-state index in [1.54, 1.807) is 19.1 Å². The summed E-state index contributed by atoms with van der Waals surface area (Å²) in [6.45, 7) is 4.31. The lowest BCUT2D eigenvalue weighted by molar-refractivity contribution is -0.385. The van der Waals surface area contributed by atoms with Gasteiger partial charge in [0.05, 0.1) is 17.2 Å². The molecule has 0 amide bonds. The van der Waals surface area contributed by atoms with Crippen molar-refractivity contribution in [3.8, 4) is 0 Å². The van der Waals surface area contributed by atoms with Crippen molar-refractivity contribution >= 4 is 5.69 Å². The second-order valence-electron chi connectivity index (χ2n) is 4.03. The minimum Gasteiger partial charge on any atom is -0.268 e. The monoisotopic (exact) mass is 231 g/mol. The molecule has 1 aromatic carbocycles. The Hall–Kier alpha value is -2.17. The Morgan fingerprint density at radius 2 is 2.12 bits per heavy atom. The molecule has 0 unspecified atom stereocenters. The lowest BCUT2D eigenvalue weighted by Crippen LogP contribution is -2.01. The molecule has 5 heteroatoms. The summed E-state index contributed by atoms with van der Waals surface area (Å²) >= 11 is 0. The highest BCUT2D eigenvalue weighted by atomic mass is 16.6. The van der Waals surface area contributed by atoms with Gasteiger partial charge in [0.25, 0.3) is 5.69 Å². The Labute approximate surface area is 98.8 Å². The van der Waals surface area contributed by atoms with Gasteiger partial charge in [0, 0.05) is 17.8 Å². The fourth-order valence-electron chi connectivity index (χ4n) is 1.76. The second kappa shape index (κ2) is 4.37. The normalized spacial score (nSPS) is 10.5. The summed E-state index contributed by atoms with van der Waals surface area (Å²) in [5.74, 6) is 0. The maximum Gasteiger partial charge on any atom is 0.272 e. The van der Waals surface area contributed by atoms with Gasteiger partial charge in [0.15, 0.2) is 0 Å². The van der Waals surface area contributed by atoms with Crippen molar-refractivity contribution in [2.24, 2.45) is 0 Å². The number of hydrogen-bond acceptors (Lipinski definition) is 3. The third kappa shape index (κ3) is 2.50. The fourth-order valence-corrected chi connectivity index (χ4v) is 1.76. The molecule has 5 nitrogen and oxygen atoms in total. The van der Waals surface area contributed by atoms with Crippen LogP contribution in [0, 0.1) is 24.0 Å².